The van der Waals surface area contributed by atoms with Crippen molar-refractivity contribution in [3.63, 3.8) is 0 Å². The topological polar surface area (TPSA) is 65.8 Å². The van der Waals surface area contributed by atoms with E-state index in [0.717, 1.165) is 12.8 Å². The van der Waals surface area contributed by atoms with Crippen molar-refractivity contribution in [1.82, 2.24) is 10.3 Å². The highest BCUT2D eigenvalue weighted by molar-refractivity contribution is 5.94. The summed E-state index contributed by atoms with van der Waals surface area (Å²) in [6.45, 7) is 0. The van der Waals surface area contributed by atoms with E-state index < -0.39 is 5.54 Å². The van der Waals surface area contributed by atoms with Gasteiger partial charge in [-0.25, -0.2) is 0 Å². The molecule has 0 atom stereocenters. The average Bonchev–Trinajstić information content (AvgIpc) is 3.00. The van der Waals surface area contributed by atoms with Crippen molar-refractivity contribution in [3.05, 3.63) is 30.1 Å². The van der Waals surface area contributed by atoms with Crippen LogP contribution in [0.25, 0.3) is 0 Å². The van der Waals surface area contributed by atoms with Crippen molar-refractivity contribution in [2.45, 2.75) is 18.4 Å². The van der Waals surface area contributed by atoms with Crippen molar-refractivity contribution in [3.8, 4) is 6.07 Å². The molecule has 0 aromatic carbocycles. The summed E-state index contributed by atoms with van der Waals surface area (Å²) in [7, 11) is 0. The van der Waals surface area contributed by atoms with E-state index in [1.165, 1.54) is 6.20 Å². The van der Waals surface area contributed by atoms with Gasteiger partial charge in [-0.05, 0) is 25.0 Å². The number of nitriles is 1. The number of nitrogens with one attached hydrogen (secondary N) is 1. The molecular formula is C10H9N3O. The van der Waals surface area contributed by atoms with Gasteiger partial charge in [-0.15, -0.1) is 0 Å². The van der Waals surface area contributed by atoms with Crippen LogP contribution < -0.4 is 5.32 Å². The maximum atomic E-state index is 11.6. The monoisotopic (exact) mass is 187 g/mol. The van der Waals surface area contributed by atoms with Crippen molar-refractivity contribution in [2.75, 3.05) is 0 Å². The molecule has 1 heterocycles. The van der Waals surface area contributed by atoms with E-state index in [1.807, 2.05) is 0 Å². The summed E-state index contributed by atoms with van der Waals surface area (Å²) in [6.07, 6.45) is 4.59. The zero-order chi connectivity index (χ0) is 10.0. The lowest BCUT2D eigenvalue weighted by atomic mass is 10.2. The summed E-state index contributed by atoms with van der Waals surface area (Å²) >= 11 is 0. The predicted molar refractivity (Wildman–Crippen MR) is 49.3 cm³/mol. The smallest absolute Gasteiger partial charge is 0.254 e. The van der Waals surface area contributed by atoms with Crippen molar-refractivity contribution < 1.29 is 4.79 Å². The Bertz CT molecular complexity index is 390. The van der Waals surface area contributed by atoms with E-state index in [4.69, 9.17) is 5.26 Å². The zero-order valence-corrected chi connectivity index (χ0v) is 7.53. The fourth-order valence-electron chi connectivity index (χ4n) is 1.18. The predicted octanol–water partition coefficient (Wildman–Crippen LogP) is 0.868. The number of carbonyl (C=O) groups excluding carboxylic acids is 1. The van der Waals surface area contributed by atoms with E-state index >= 15 is 0 Å². The molecule has 1 aromatic rings. The molecule has 2 rings (SSSR count). The first-order valence-electron chi connectivity index (χ1n) is 4.40. The standard InChI is InChI=1S/C10H9N3O/c11-7-10(3-4-10)13-9(14)8-2-1-5-12-6-8/h1-2,5-6H,3-4H2,(H,13,14). The molecule has 1 saturated carbocycles. The molecule has 0 spiro atoms. The molecule has 4 heteroatoms. The molecule has 1 aromatic heterocycles. The van der Waals surface area contributed by atoms with Crippen molar-refractivity contribution >= 4 is 5.91 Å². The molecule has 70 valence electrons. The molecule has 1 aliphatic rings. The molecule has 4 nitrogen and oxygen atoms in total. The van der Waals surface area contributed by atoms with Gasteiger partial charge in [-0.3, -0.25) is 9.78 Å². The maximum Gasteiger partial charge on any atom is 0.254 e. The first-order valence-corrected chi connectivity index (χ1v) is 4.40. The van der Waals surface area contributed by atoms with Gasteiger partial charge in [0.25, 0.3) is 5.91 Å². The molecule has 0 aliphatic heterocycles. The second-order valence-corrected chi connectivity index (χ2v) is 3.39. The Kier molecular flexibility index (Phi) is 1.93. The summed E-state index contributed by atoms with van der Waals surface area (Å²) in [6, 6.07) is 5.47. The van der Waals surface area contributed by atoms with Gasteiger partial charge in [0.2, 0.25) is 0 Å². The number of amides is 1. The first kappa shape index (κ1) is 8.70. The molecule has 0 unspecified atom stereocenters. The lowest BCUT2D eigenvalue weighted by Gasteiger charge is -2.07. The maximum absolute atomic E-state index is 11.6. The van der Waals surface area contributed by atoms with Gasteiger partial charge >= 0.3 is 0 Å². The van der Waals surface area contributed by atoms with Gasteiger partial charge in [0.15, 0.2) is 0 Å². The van der Waals surface area contributed by atoms with Gasteiger partial charge in [0.05, 0.1) is 11.6 Å². The van der Waals surface area contributed by atoms with Crippen LogP contribution in [0.2, 0.25) is 0 Å². The molecular weight excluding hydrogens is 178 g/mol. The Morgan fingerprint density at radius 3 is 2.93 bits per heavy atom. The third-order valence-electron chi connectivity index (χ3n) is 2.24. The molecule has 0 bridgehead atoms. The van der Waals surface area contributed by atoms with Crippen molar-refractivity contribution in [2.24, 2.45) is 0 Å². The molecule has 14 heavy (non-hydrogen) atoms. The van der Waals surface area contributed by atoms with Crippen LogP contribution in [-0.4, -0.2) is 16.4 Å². The SMILES string of the molecule is N#CC1(NC(=O)c2cccnc2)CC1. The van der Waals surface area contributed by atoms with E-state index in [0.29, 0.717) is 5.56 Å². The summed E-state index contributed by atoms with van der Waals surface area (Å²) in [4.78, 5) is 15.4. The minimum Gasteiger partial charge on any atom is -0.334 e. The van der Waals surface area contributed by atoms with Crippen LogP contribution in [0, 0.1) is 11.3 Å². The highest BCUT2D eigenvalue weighted by atomic mass is 16.1. The number of aromatic nitrogens is 1. The fourth-order valence-corrected chi connectivity index (χ4v) is 1.18. The Morgan fingerprint density at radius 2 is 2.43 bits per heavy atom. The quantitative estimate of drug-likeness (QED) is 0.747. The Balaban J connectivity index is 2.08. The minimum atomic E-state index is -0.604. The van der Waals surface area contributed by atoms with Gasteiger partial charge in [0, 0.05) is 12.4 Å². The third kappa shape index (κ3) is 1.57. The Labute approximate surface area is 81.6 Å². The van der Waals surface area contributed by atoms with Crippen LogP contribution in [-0.2, 0) is 0 Å². The fraction of sp³-hybridized carbons (Fsp3) is 0.300. The molecule has 1 aliphatic carbocycles. The highest BCUT2D eigenvalue weighted by Gasteiger charge is 2.44. The molecule has 1 fully saturated rings. The second-order valence-electron chi connectivity index (χ2n) is 3.39. The van der Waals surface area contributed by atoms with Crippen molar-refractivity contribution in [1.29, 1.82) is 5.26 Å². The van der Waals surface area contributed by atoms with Gasteiger partial charge < -0.3 is 5.32 Å². The lowest BCUT2D eigenvalue weighted by molar-refractivity contribution is 0.0941. The van der Waals surface area contributed by atoms with E-state index in [9.17, 15) is 4.79 Å². The Hall–Kier alpha value is -1.89. The van der Waals surface area contributed by atoms with Gasteiger partial charge in [0.1, 0.15) is 5.54 Å². The number of hydrogen-bond acceptors (Lipinski definition) is 3. The summed E-state index contributed by atoms with van der Waals surface area (Å²) in [5, 5.41) is 11.5. The number of nitrogens with zero attached hydrogens (tertiary/aromatic N) is 2. The van der Waals surface area contributed by atoms with Crippen LogP contribution in [0.1, 0.15) is 23.2 Å². The molecule has 0 radical (unpaired) electrons. The summed E-state index contributed by atoms with van der Waals surface area (Å²) in [5.41, 5.74) is -0.110. The van der Waals surface area contributed by atoms with Gasteiger partial charge in [-0.2, -0.15) is 5.26 Å². The first-order chi connectivity index (χ1) is 6.76. The summed E-state index contributed by atoms with van der Waals surface area (Å²) in [5.74, 6) is -0.225. The number of pyridine rings is 1. The second kappa shape index (κ2) is 3.11. The van der Waals surface area contributed by atoms with E-state index in [-0.39, 0.29) is 5.91 Å². The van der Waals surface area contributed by atoms with E-state index in [2.05, 4.69) is 16.4 Å². The number of hydrogen-bond donors (Lipinski definition) is 1. The number of rotatable bonds is 2. The van der Waals surface area contributed by atoms with Gasteiger partial charge in [-0.1, -0.05) is 0 Å². The van der Waals surface area contributed by atoms with Crippen LogP contribution in [0.4, 0.5) is 0 Å². The van der Waals surface area contributed by atoms with Crippen LogP contribution in [0.3, 0.4) is 0 Å². The largest absolute Gasteiger partial charge is 0.334 e. The molecule has 1 amide bonds. The third-order valence-corrected chi connectivity index (χ3v) is 2.24. The molecule has 0 saturated heterocycles. The van der Waals surface area contributed by atoms with Crippen LogP contribution in [0.5, 0.6) is 0 Å². The lowest BCUT2D eigenvalue weighted by Crippen LogP contribution is -2.35. The number of carbonyl (C=O) groups is 1. The highest BCUT2D eigenvalue weighted by Crippen LogP contribution is 2.34. The average molecular weight is 187 g/mol. The normalized spacial score (nSPS) is 16.8. The minimum absolute atomic E-state index is 0.225. The van der Waals surface area contributed by atoms with Crippen LogP contribution >= 0.6 is 0 Å². The summed E-state index contributed by atoms with van der Waals surface area (Å²) < 4.78 is 0. The van der Waals surface area contributed by atoms with Crippen LogP contribution in [0.15, 0.2) is 24.5 Å². The molecule has 1 N–H and O–H groups in total. The zero-order valence-electron chi connectivity index (χ0n) is 7.53. The van der Waals surface area contributed by atoms with E-state index in [1.54, 1.807) is 18.3 Å². The Morgan fingerprint density at radius 1 is 1.64 bits per heavy atom.